The lowest BCUT2D eigenvalue weighted by molar-refractivity contribution is 0.0983. The molecular weight excluding hydrogens is 378 g/mol. The van der Waals surface area contributed by atoms with Crippen molar-refractivity contribution in [3.8, 4) is 0 Å². The quantitative estimate of drug-likeness (QED) is 0.640. The number of nitrogens with one attached hydrogen (secondary N) is 1. The number of hydrogen-bond acceptors (Lipinski definition) is 3. The highest BCUT2D eigenvalue weighted by Gasteiger charge is 2.17. The lowest BCUT2D eigenvalue weighted by Gasteiger charge is -2.20. The lowest BCUT2D eigenvalue weighted by atomic mass is 10.2. The summed E-state index contributed by atoms with van der Waals surface area (Å²) in [6.45, 7) is 2.53. The van der Waals surface area contributed by atoms with E-state index in [0.717, 1.165) is 21.5 Å². The molecule has 0 aliphatic carbocycles. The molecule has 0 saturated heterocycles. The Hall–Kier alpha value is -2.66. The van der Waals surface area contributed by atoms with E-state index in [0.29, 0.717) is 12.2 Å². The molecule has 3 rings (SSSR count). The van der Waals surface area contributed by atoms with Gasteiger partial charge in [0.25, 0.3) is 5.91 Å². The number of carbonyl (C=O) groups excluding carboxylic acids is 1. The highest BCUT2D eigenvalue weighted by molar-refractivity contribution is 9.10. The normalized spacial score (nSPS) is 10.3. The summed E-state index contributed by atoms with van der Waals surface area (Å²) < 4.78 is 0.990. The molecule has 0 spiro atoms. The maximum Gasteiger partial charge on any atom is 0.276 e. The van der Waals surface area contributed by atoms with Crippen LogP contribution < -0.4 is 10.2 Å². The molecule has 2 aromatic carbocycles. The lowest BCUT2D eigenvalue weighted by Crippen LogP contribution is -2.31. The molecule has 1 N–H and O–H groups in total. The molecule has 0 aliphatic rings. The molecule has 126 valence electrons. The molecule has 0 radical (unpaired) electrons. The van der Waals surface area contributed by atoms with Gasteiger partial charge in [0.05, 0.1) is 0 Å². The van der Waals surface area contributed by atoms with Gasteiger partial charge in [0.15, 0.2) is 0 Å². The summed E-state index contributed by atoms with van der Waals surface area (Å²) in [4.78, 5) is 18.8. The summed E-state index contributed by atoms with van der Waals surface area (Å²) in [5, 5.41) is 3.30. The summed E-state index contributed by atoms with van der Waals surface area (Å²) in [5.74, 6) is -0.119. The van der Waals surface area contributed by atoms with Gasteiger partial charge < -0.3 is 10.2 Å². The zero-order chi connectivity index (χ0) is 17.6. The van der Waals surface area contributed by atoms with E-state index < -0.39 is 0 Å². The van der Waals surface area contributed by atoms with Crippen molar-refractivity contribution in [2.45, 2.75) is 6.92 Å². The second-order valence-corrected chi connectivity index (χ2v) is 6.37. The molecule has 1 aromatic heterocycles. The van der Waals surface area contributed by atoms with Gasteiger partial charge >= 0.3 is 0 Å². The van der Waals surface area contributed by atoms with Crippen LogP contribution in [0.15, 0.2) is 77.4 Å². The van der Waals surface area contributed by atoms with Gasteiger partial charge in [0, 0.05) is 34.3 Å². The van der Waals surface area contributed by atoms with Gasteiger partial charge in [0.2, 0.25) is 0 Å². The Labute approximate surface area is 155 Å². The Morgan fingerprint density at radius 2 is 1.80 bits per heavy atom. The SMILES string of the molecule is CCN(C(=O)c1cc(Nc2cccc(Br)c2)ccn1)c1ccccc1. The van der Waals surface area contributed by atoms with Crippen molar-refractivity contribution in [2.24, 2.45) is 0 Å². The molecule has 1 heterocycles. The Balaban J connectivity index is 1.84. The molecule has 0 unspecified atom stereocenters. The maximum absolute atomic E-state index is 12.9. The first-order chi connectivity index (χ1) is 12.2. The minimum Gasteiger partial charge on any atom is -0.355 e. The predicted molar refractivity (Wildman–Crippen MR) is 105 cm³/mol. The van der Waals surface area contributed by atoms with Crippen LogP contribution in [-0.2, 0) is 0 Å². The topological polar surface area (TPSA) is 45.2 Å². The summed E-state index contributed by atoms with van der Waals surface area (Å²) >= 11 is 3.45. The Morgan fingerprint density at radius 3 is 2.52 bits per heavy atom. The Kier molecular flexibility index (Phi) is 5.46. The zero-order valence-corrected chi connectivity index (χ0v) is 15.4. The first kappa shape index (κ1) is 17.2. The van der Waals surface area contributed by atoms with Gasteiger partial charge in [-0.1, -0.05) is 40.2 Å². The Bertz CT molecular complexity index is 868. The second kappa shape index (κ2) is 7.94. The predicted octanol–water partition coefficient (Wildman–Crippen LogP) is 5.25. The molecule has 5 heteroatoms. The van der Waals surface area contributed by atoms with E-state index in [2.05, 4.69) is 26.2 Å². The summed E-state index contributed by atoms with van der Waals surface area (Å²) in [6, 6.07) is 21.1. The highest BCUT2D eigenvalue weighted by Crippen LogP contribution is 2.22. The van der Waals surface area contributed by atoms with Crippen molar-refractivity contribution in [1.29, 1.82) is 0 Å². The fourth-order valence-corrected chi connectivity index (χ4v) is 2.95. The zero-order valence-electron chi connectivity index (χ0n) is 13.8. The molecule has 0 atom stereocenters. The van der Waals surface area contributed by atoms with Gasteiger partial charge in [0.1, 0.15) is 5.69 Å². The first-order valence-electron chi connectivity index (χ1n) is 8.03. The minimum atomic E-state index is -0.119. The second-order valence-electron chi connectivity index (χ2n) is 5.45. The van der Waals surface area contributed by atoms with Crippen LogP contribution in [0.1, 0.15) is 17.4 Å². The average molecular weight is 396 g/mol. The minimum absolute atomic E-state index is 0.119. The smallest absolute Gasteiger partial charge is 0.276 e. The number of halogens is 1. The number of nitrogens with zero attached hydrogens (tertiary/aromatic N) is 2. The van der Waals surface area contributed by atoms with Crippen LogP contribution in [0.3, 0.4) is 0 Å². The van der Waals surface area contributed by atoms with Crippen molar-refractivity contribution in [1.82, 2.24) is 4.98 Å². The number of hydrogen-bond donors (Lipinski definition) is 1. The van der Waals surface area contributed by atoms with Crippen molar-refractivity contribution in [2.75, 3.05) is 16.8 Å². The molecule has 0 saturated carbocycles. The van der Waals surface area contributed by atoms with Gasteiger partial charge in [-0.15, -0.1) is 0 Å². The van der Waals surface area contributed by atoms with Crippen molar-refractivity contribution >= 4 is 38.9 Å². The highest BCUT2D eigenvalue weighted by atomic mass is 79.9. The van der Waals surface area contributed by atoms with E-state index in [9.17, 15) is 4.79 Å². The van der Waals surface area contributed by atoms with Gasteiger partial charge in [-0.3, -0.25) is 9.78 Å². The molecular formula is C20H18BrN3O. The molecule has 0 aliphatic heterocycles. The number of benzene rings is 2. The summed E-state index contributed by atoms with van der Waals surface area (Å²) in [7, 11) is 0. The Morgan fingerprint density at radius 1 is 1.04 bits per heavy atom. The number of anilines is 3. The van der Waals surface area contributed by atoms with E-state index in [1.54, 1.807) is 17.2 Å². The van der Waals surface area contributed by atoms with Crippen molar-refractivity contribution < 1.29 is 4.79 Å². The third-order valence-electron chi connectivity index (χ3n) is 3.72. The molecule has 25 heavy (non-hydrogen) atoms. The largest absolute Gasteiger partial charge is 0.355 e. The van der Waals surface area contributed by atoms with Crippen LogP contribution >= 0.6 is 15.9 Å². The van der Waals surface area contributed by atoms with Crippen LogP contribution in [0.2, 0.25) is 0 Å². The van der Waals surface area contributed by atoms with E-state index in [4.69, 9.17) is 0 Å². The molecule has 0 bridgehead atoms. The standard InChI is InChI=1S/C20H18BrN3O/c1-2-24(18-9-4-3-5-10-18)20(25)19-14-17(11-12-22-19)23-16-8-6-7-15(21)13-16/h3-14H,2H2,1H3,(H,22,23). The van der Waals surface area contributed by atoms with Crippen LogP contribution in [0, 0.1) is 0 Å². The fourth-order valence-electron chi connectivity index (χ4n) is 2.55. The number of aromatic nitrogens is 1. The number of rotatable bonds is 5. The number of amides is 1. The third kappa shape index (κ3) is 4.25. The van der Waals surface area contributed by atoms with Gasteiger partial charge in [-0.05, 0) is 49.4 Å². The number of pyridine rings is 1. The fraction of sp³-hybridized carbons (Fsp3) is 0.100. The maximum atomic E-state index is 12.9. The monoisotopic (exact) mass is 395 g/mol. The van der Waals surface area contributed by atoms with Crippen LogP contribution in [0.4, 0.5) is 17.1 Å². The summed E-state index contributed by atoms with van der Waals surface area (Å²) in [6.07, 6.45) is 1.65. The van der Waals surface area contributed by atoms with Gasteiger partial charge in [-0.25, -0.2) is 0 Å². The van der Waals surface area contributed by atoms with Crippen LogP contribution in [0.25, 0.3) is 0 Å². The van der Waals surface area contributed by atoms with E-state index >= 15 is 0 Å². The van der Waals surface area contributed by atoms with Crippen molar-refractivity contribution in [3.05, 3.63) is 83.1 Å². The number of para-hydroxylation sites is 1. The average Bonchev–Trinajstić information content (AvgIpc) is 2.63. The molecule has 3 aromatic rings. The van der Waals surface area contributed by atoms with Crippen LogP contribution in [0.5, 0.6) is 0 Å². The molecule has 4 nitrogen and oxygen atoms in total. The first-order valence-corrected chi connectivity index (χ1v) is 8.82. The van der Waals surface area contributed by atoms with Crippen molar-refractivity contribution in [3.63, 3.8) is 0 Å². The van der Waals surface area contributed by atoms with E-state index in [1.165, 1.54) is 0 Å². The van der Waals surface area contributed by atoms with Crippen LogP contribution in [-0.4, -0.2) is 17.4 Å². The van der Waals surface area contributed by atoms with E-state index in [1.807, 2.05) is 67.6 Å². The summed E-state index contributed by atoms with van der Waals surface area (Å²) in [5.41, 5.74) is 3.03. The van der Waals surface area contributed by atoms with Gasteiger partial charge in [-0.2, -0.15) is 0 Å². The molecule has 0 fully saturated rings. The van der Waals surface area contributed by atoms with E-state index in [-0.39, 0.29) is 5.91 Å². The third-order valence-corrected chi connectivity index (χ3v) is 4.21. The molecule has 1 amide bonds. The number of carbonyl (C=O) groups is 1.